The van der Waals surface area contributed by atoms with Crippen LogP contribution in [0.2, 0.25) is 0 Å². The first-order valence-electron chi connectivity index (χ1n) is 19.0. The number of hydrogen-bond donors (Lipinski definition) is 0. The average molecular weight is 683 g/mol. The molecule has 0 radical (unpaired) electrons. The van der Waals surface area contributed by atoms with E-state index in [4.69, 9.17) is 19.4 Å². The molecule has 0 unspecified atom stereocenters. The number of amides is 1. The molecule has 50 heavy (non-hydrogen) atoms. The van der Waals surface area contributed by atoms with Crippen molar-refractivity contribution in [3.8, 4) is 12.1 Å². The highest BCUT2D eigenvalue weighted by atomic mass is 16.5. The van der Waals surface area contributed by atoms with E-state index in [0.29, 0.717) is 50.4 Å². The number of ether oxygens (including phenoxy) is 2. The lowest BCUT2D eigenvalue weighted by Gasteiger charge is -2.43. The summed E-state index contributed by atoms with van der Waals surface area (Å²) in [5.41, 5.74) is 5.09. The number of para-hydroxylation sites is 1. The zero-order valence-electron chi connectivity index (χ0n) is 30.0. The quantitative estimate of drug-likeness (QED) is 0.344. The van der Waals surface area contributed by atoms with Gasteiger partial charge in [0.15, 0.2) is 0 Å². The number of nitriles is 1. The van der Waals surface area contributed by atoms with E-state index in [1.165, 1.54) is 29.7 Å². The Bertz CT molecular complexity index is 1550. The fraction of sp³-hybridized carbons (Fsp3) is 0.641. The number of fused-ring (bicyclic) bond motifs is 2. The van der Waals surface area contributed by atoms with Gasteiger partial charge in [-0.1, -0.05) is 24.3 Å². The second-order valence-electron chi connectivity index (χ2n) is 14.8. The van der Waals surface area contributed by atoms with E-state index in [1.807, 2.05) is 11.0 Å². The van der Waals surface area contributed by atoms with Crippen LogP contribution in [0.25, 0.3) is 0 Å². The van der Waals surface area contributed by atoms with Crippen molar-refractivity contribution in [2.75, 3.05) is 82.0 Å². The number of rotatable bonds is 10. The molecule has 3 atom stereocenters. The van der Waals surface area contributed by atoms with Crippen LogP contribution in [0.1, 0.15) is 62.8 Å². The predicted molar refractivity (Wildman–Crippen MR) is 195 cm³/mol. The van der Waals surface area contributed by atoms with E-state index in [1.54, 1.807) is 6.08 Å². The summed E-state index contributed by atoms with van der Waals surface area (Å²) in [5.74, 6) is 0.898. The van der Waals surface area contributed by atoms with Crippen LogP contribution in [0.15, 0.2) is 36.4 Å². The van der Waals surface area contributed by atoms with Crippen molar-refractivity contribution in [1.29, 1.82) is 5.26 Å². The van der Waals surface area contributed by atoms with E-state index in [9.17, 15) is 10.1 Å². The lowest BCUT2D eigenvalue weighted by molar-refractivity contribution is -0.128. The van der Waals surface area contributed by atoms with Crippen LogP contribution >= 0.6 is 0 Å². The van der Waals surface area contributed by atoms with Crippen LogP contribution in [0.5, 0.6) is 6.01 Å². The summed E-state index contributed by atoms with van der Waals surface area (Å²) in [6.07, 6.45) is 11.3. The number of benzene rings is 1. The van der Waals surface area contributed by atoms with E-state index < -0.39 is 0 Å². The van der Waals surface area contributed by atoms with E-state index in [-0.39, 0.29) is 18.4 Å². The number of nitrogens with zero attached hydrogens (tertiary/aromatic N) is 8. The lowest BCUT2D eigenvalue weighted by atomic mass is 9.88. The minimum atomic E-state index is -0.219. The second kappa shape index (κ2) is 16.1. The number of carbonyl (C=O) groups excluding carboxylic acids is 1. The minimum absolute atomic E-state index is 0.0252. The van der Waals surface area contributed by atoms with Crippen LogP contribution < -0.4 is 14.5 Å². The number of carbonyl (C=O) groups is 1. The molecule has 3 fully saturated rings. The Morgan fingerprint density at radius 2 is 1.90 bits per heavy atom. The van der Waals surface area contributed by atoms with Gasteiger partial charge in [-0.15, -0.1) is 0 Å². The van der Waals surface area contributed by atoms with E-state index in [0.717, 1.165) is 89.6 Å². The number of likely N-dealkylation sites (tertiary alicyclic amines) is 1. The van der Waals surface area contributed by atoms with Crippen LogP contribution in [0.3, 0.4) is 0 Å². The largest absolute Gasteiger partial charge is 0.462 e. The second-order valence-corrected chi connectivity index (χ2v) is 14.8. The highest BCUT2D eigenvalue weighted by Gasteiger charge is 2.36. The van der Waals surface area contributed by atoms with Crippen molar-refractivity contribution in [2.24, 2.45) is 0 Å². The van der Waals surface area contributed by atoms with Crippen LogP contribution in [-0.2, 0) is 28.8 Å². The zero-order chi connectivity index (χ0) is 34.5. The molecule has 1 aliphatic carbocycles. The molecule has 1 aromatic carbocycles. The highest BCUT2D eigenvalue weighted by molar-refractivity contribution is 5.88. The number of piperazine rings is 1. The van der Waals surface area contributed by atoms with Gasteiger partial charge in [0.05, 0.1) is 37.4 Å². The maximum atomic E-state index is 13.4. The van der Waals surface area contributed by atoms with E-state index >= 15 is 0 Å². The minimum Gasteiger partial charge on any atom is -0.462 e. The Hall–Kier alpha value is -3.72. The molecule has 0 saturated carbocycles. The average Bonchev–Trinajstić information content (AvgIpc) is 3.63. The molecule has 0 N–H and O–H groups in total. The lowest BCUT2D eigenvalue weighted by Crippen LogP contribution is -2.55. The third-order valence-electron chi connectivity index (χ3n) is 11.4. The van der Waals surface area contributed by atoms with Gasteiger partial charge in [0, 0.05) is 87.7 Å². The van der Waals surface area contributed by atoms with Gasteiger partial charge >= 0.3 is 6.01 Å². The zero-order valence-corrected chi connectivity index (χ0v) is 30.0. The van der Waals surface area contributed by atoms with Crippen molar-refractivity contribution < 1.29 is 14.3 Å². The first-order chi connectivity index (χ1) is 24.5. The normalized spacial score (nSPS) is 24.8. The van der Waals surface area contributed by atoms with Gasteiger partial charge < -0.3 is 24.2 Å². The number of hydrogen-bond acceptors (Lipinski definition) is 10. The predicted octanol–water partition coefficient (Wildman–Crippen LogP) is 3.86. The SMILES string of the molecule is CC(C)N1CCC[C@H]1COc1nc2c(c(N3CCN(C(=O)/C=C/CN4CCOCC4)[C@@H](CC#N)C3)n1)CC[C@H](N1CCCc3ccccc31)C2. The summed E-state index contributed by atoms with van der Waals surface area (Å²) in [6, 6.07) is 12.7. The van der Waals surface area contributed by atoms with Crippen molar-refractivity contribution in [2.45, 2.75) is 89.4 Å². The Balaban J connectivity index is 1.11. The Morgan fingerprint density at radius 1 is 1.04 bits per heavy atom. The molecule has 1 aromatic heterocycles. The number of morpholine rings is 1. The van der Waals surface area contributed by atoms with Gasteiger partial charge in [-0.25, -0.2) is 0 Å². The molecule has 3 saturated heterocycles. The maximum Gasteiger partial charge on any atom is 0.318 e. The number of anilines is 2. The van der Waals surface area contributed by atoms with Crippen molar-refractivity contribution >= 4 is 17.4 Å². The van der Waals surface area contributed by atoms with Crippen molar-refractivity contribution in [1.82, 2.24) is 24.7 Å². The summed E-state index contributed by atoms with van der Waals surface area (Å²) in [6.45, 7) is 13.0. The fourth-order valence-corrected chi connectivity index (χ4v) is 8.78. The summed E-state index contributed by atoms with van der Waals surface area (Å²) >= 11 is 0. The summed E-state index contributed by atoms with van der Waals surface area (Å²) in [4.78, 5) is 35.3. The Morgan fingerprint density at radius 3 is 2.74 bits per heavy atom. The molecule has 2 aromatic rings. The molecule has 11 heteroatoms. The molecular weight excluding hydrogens is 628 g/mol. The van der Waals surface area contributed by atoms with Gasteiger partial charge in [-0.2, -0.15) is 15.2 Å². The number of aryl methyl sites for hydroxylation is 1. The summed E-state index contributed by atoms with van der Waals surface area (Å²) < 4.78 is 11.9. The smallest absolute Gasteiger partial charge is 0.318 e. The molecule has 1 amide bonds. The van der Waals surface area contributed by atoms with Crippen molar-refractivity contribution in [3.63, 3.8) is 0 Å². The molecule has 11 nitrogen and oxygen atoms in total. The number of aromatic nitrogens is 2. The van der Waals surface area contributed by atoms with Gasteiger partial charge in [0.2, 0.25) is 5.91 Å². The highest BCUT2D eigenvalue weighted by Crippen LogP contribution is 2.37. The molecule has 0 spiro atoms. The monoisotopic (exact) mass is 682 g/mol. The van der Waals surface area contributed by atoms with Crippen molar-refractivity contribution in [3.05, 3.63) is 53.2 Å². The van der Waals surface area contributed by atoms with Gasteiger partial charge in [0.25, 0.3) is 0 Å². The fourth-order valence-electron chi connectivity index (χ4n) is 8.78. The van der Waals surface area contributed by atoms with Gasteiger partial charge in [-0.3, -0.25) is 14.6 Å². The molecule has 7 rings (SSSR count). The summed E-state index contributed by atoms with van der Waals surface area (Å²) in [7, 11) is 0. The first kappa shape index (κ1) is 34.7. The van der Waals surface area contributed by atoms with Gasteiger partial charge in [0.1, 0.15) is 12.4 Å². The standard InChI is InChI=1S/C39H54N8O3/c1-29(2)45-18-6-10-33(45)28-50-39-41-35-26-31(46-19-5-9-30-8-3-4-11-36(30)46)13-14-34(35)38(42-39)44-20-21-47(32(27-44)15-16-40)37(48)12-7-17-43-22-24-49-25-23-43/h3-4,7-8,11-12,29,31-33H,5-6,9-10,13-15,17-28H2,1-2H3/b12-7+/t31-,32-,33-/m0/s1. The Labute approximate surface area is 297 Å². The van der Waals surface area contributed by atoms with E-state index in [2.05, 4.69) is 63.8 Å². The maximum absolute atomic E-state index is 13.4. The van der Waals surface area contributed by atoms with Crippen LogP contribution in [-0.4, -0.2) is 127 Å². The molecule has 268 valence electrons. The first-order valence-corrected chi connectivity index (χ1v) is 19.0. The molecular formula is C39H54N8O3. The third kappa shape index (κ3) is 7.78. The summed E-state index contributed by atoms with van der Waals surface area (Å²) in [5, 5.41) is 9.82. The Kier molecular flexibility index (Phi) is 11.2. The molecule has 4 aliphatic heterocycles. The molecule has 5 heterocycles. The van der Waals surface area contributed by atoms with Crippen LogP contribution in [0, 0.1) is 11.3 Å². The molecule has 0 bridgehead atoms. The molecule has 5 aliphatic rings. The van der Waals surface area contributed by atoms with Crippen LogP contribution in [0.4, 0.5) is 11.5 Å². The third-order valence-corrected chi connectivity index (χ3v) is 11.4. The van der Waals surface area contributed by atoms with Gasteiger partial charge in [-0.05, 0) is 70.5 Å². The topological polar surface area (TPSA) is 101 Å².